The lowest BCUT2D eigenvalue weighted by molar-refractivity contribution is 0.916. The van der Waals surface area contributed by atoms with Gasteiger partial charge in [-0.3, -0.25) is 0 Å². The molecule has 0 saturated heterocycles. The molecule has 2 aromatic carbocycles. The molecule has 17 heavy (non-hydrogen) atoms. The minimum Gasteiger partial charge on any atom is -0.370 e. The molecular formula is C15H16BrN. The largest absolute Gasteiger partial charge is 0.370 e. The molecule has 0 bridgehead atoms. The molecule has 0 fully saturated rings. The molecule has 0 aromatic heterocycles. The average molecular weight is 290 g/mol. The van der Waals surface area contributed by atoms with Gasteiger partial charge in [-0.25, -0.2) is 0 Å². The van der Waals surface area contributed by atoms with Crippen molar-refractivity contribution in [3.63, 3.8) is 0 Å². The van der Waals surface area contributed by atoms with E-state index >= 15 is 0 Å². The van der Waals surface area contributed by atoms with E-state index in [1.54, 1.807) is 0 Å². The maximum Gasteiger partial charge on any atom is 0.0426 e. The first-order valence-electron chi connectivity index (χ1n) is 5.68. The second-order valence-corrected chi connectivity index (χ2v) is 5.19. The van der Waals surface area contributed by atoms with Gasteiger partial charge in [-0.05, 0) is 36.2 Å². The molecule has 0 heterocycles. The third-order valence-electron chi connectivity index (χ3n) is 2.84. The summed E-state index contributed by atoms with van der Waals surface area (Å²) in [6.45, 7) is 3.07. The number of anilines is 1. The third kappa shape index (κ3) is 3.10. The van der Waals surface area contributed by atoms with Crippen LogP contribution in [0, 0.1) is 6.92 Å². The smallest absolute Gasteiger partial charge is 0.0426 e. The van der Waals surface area contributed by atoms with E-state index in [9.17, 15) is 0 Å². The van der Waals surface area contributed by atoms with E-state index < -0.39 is 0 Å². The van der Waals surface area contributed by atoms with Crippen LogP contribution in [0.3, 0.4) is 0 Å². The number of halogens is 1. The third-order valence-corrected chi connectivity index (χ3v) is 3.33. The normalized spacial score (nSPS) is 10.3. The molecule has 0 saturated carbocycles. The number of hydrogen-bond donors (Lipinski definition) is 0. The molecule has 0 unspecified atom stereocenters. The molecule has 0 N–H and O–H groups in total. The molecule has 88 valence electrons. The molecule has 0 spiro atoms. The van der Waals surface area contributed by atoms with E-state index in [1.807, 2.05) is 0 Å². The Hall–Kier alpha value is -1.28. The van der Waals surface area contributed by atoms with Gasteiger partial charge in [-0.15, -0.1) is 0 Å². The van der Waals surface area contributed by atoms with E-state index in [0.29, 0.717) is 0 Å². The van der Waals surface area contributed by atoms with E-state index in [0.717, 1.165) is 11.0 Å². The Morgan fingerprint density at radius 2 is 1.82 bits per heavy atom. The number of aryl methyl sites for hydroxylation is 1. The SMILES string of the molecule is Cc1ccccc1N(C)Cc1cccc(Br)c1. The van der Waals surface area contributed by atoms with E-state index in [4.69, 9.17) is 0 Å². The van der Waals surface area contributed by atoms with Crippen LogP contribution in [0.15, 0.2) is 53.0 Å². The highest BCUT2D eigenvalue weighted by atomic mass is 79.9. The Labute approximate surface area is 111 Å². The van der Waals surface area contributed by atoms with Crippen molar-refractivity contribution < 1.29 is 0 Å². The number of benzene rings is 2. The number of para-hydroxylation sites is 1. The average Bonchev–Trinajstić information content (AvgIpc) is 2.29. The molecule has 0 radical (unpaired) electrons. The molecule has 1 nitrogen and oxygen atoms in total. The highest BCUT2D eigenvalue weighted by molar-refractivity contribution is 9.10. The Kier molecular flexibility index (Phi) is 3.85. The summed E-state index contributed by atoms with van der Waals surface area (Å²) in [6.07, 6.45) is 0. The van der Waals surface area contributed by atoms with Crippen molar-refractivity contribution >= 4 is 21.6 Å². The molecule has 2 aromatic rings. The van der Waals surface area contributed by atoms with E-state index in [2.05, 4.69) is 83.3 Å². The summed E-state index contributed by atoms with van der Waals surface area (Å²) in [6, 6.07) is 16.9. The zero-order valence-electron chi connectivity index (χ0n) is 10.2. The van der Waals surface area contributed by atoms with Crippen LogP contribution in [0.2, 0.25) is 0 Å². The lowest BCUT2D eigenvalue weighted by Gasteiger charge is -2.21. The Bertz CT molecular complexity index is 508. The minimum atomic E-state index is 0.921. The van der Waals surface area contributed by atoms with Crippen LogP contribution in [0.5, 0.6) is 0 Å². The van der Waals surface area contributed by atoms with Gasteiger partial charge in [0.15, 0.2) is 0 Å². The van der Waals surface area contributed by atoms with Crippen LogP contribution in [-0.2, 0) is 6.54 Å². The highest BCUT2D eigenvalue weighted by Crippen LogP contribution is 2.21. The fraction of sp³-hybridized carbons (Fsp3) is 0.200. The molecule has 0 atom stereocenters. The van der Waals surface area contributed by atoms with Crippen molar-refractivity contribution in [2.75, 3.05) is 11.9 Å². The van der Waals surface area contributed by atoms with E-state index in [-0.39, 0.29) is 0 Å². The second kappa shape index (κ2) is 5.37. The summed E-state index contributed by atoms with van der Waals surface area (Å²) in [4.78, 5) is 2.27. The van der Waals surface area contributed by atoms with Crippen LogP contribution < -0.4 is 4.90 Å². The van der Waals surface area contributed by atoms with Gasteiger partial charge in [0, 0.05) is 23.8 Å². The van der Waals surface area contributed by atoms with Crippen LogP contribution in [0.4, 0.5) is 5.69 Å². The van der Waals surface area contributed by atoms with Gasteiger partial charge in [0.25, 0.3) is 0 Å². The fourth-order valence-corrected chi connectivity index (χ4v) is 2.43. The van der Waals surface area contributed by atoms with Crippen molar-refractivity contribution in [1.29, 1.82) is 0 Å². The zero-order chi connectivity index (χ0) is 12.3. The van der Waals surface area contributed by atoms with Gasteiger partial charge in [-0.1, -0.05) is 46.3 Å². The fourth-order valence-electron chi connectivity index (χ4n) is 1.99. The second-order valence-electron chi connectivity index (χ2n) is 4.27. The predicted molar refractivity (Wildman–Crippen MR) is 77.4 cm³/mol. The summed E-state index contributed by atoms with van der Waals surface area (Å²) in [7, 11) is 2.13. The number of rotatable bonds is 3. The summed E-state index contributed by atoms with van der Waals surface area (Å²) < 4.78 is 1.13. The van der Waals surface area contributed by atoms with Crippen LogP contribution in [0.25, 0.3) is 0 Å². The topological polar surface area (TPSA) is 3.24 Å². The number of nitrogens with zero attached hydrogens (tertiary/aromatic N) is 1. The Morgan fingerprint density at radius 3 is 2.53 bits per heavy atom. The van der Waals surface area contributed by atoms with Crippen molar-refractivity contribution in [3.05, 3.63) is 64.1 Å². The molecule has 0 aliphatic rings. The molecule has 0 aliphatic heterocycles. The predicted octanol–water partition coefficient (Wildman–Crippen LogP) is 4.39. The van der Waals surface area contributed by atoms with Crippen molar-refractivity contribution in [1.82, 2.24) is 0 Å². The molecule has 2 heteroatoms. The summed E-state index contributed by atoms with van der Waals surface area (Å²) in [5, 5.41) is 0. The van der Waals surface area contributed by atoms with E-state index in [1.165, 1.54) is 16.8 Å². The standard InChI is InChI=1S/C15H16BrN/c1-12-6-3-4-9-15(12)17(2)11-13-7-5-8-14(16)10-13/h3-10H,11H2,1-2H3. The lowest BCUT2D eigenvalue weighted by atomic mass is 10.1. The van der Waals surface area contributed by atoms with Gasteiger partial charge in [-0.2, -0.15) is 0 Å². The van der Waals surface area contributed by atoms with Crippen molar-refractivity contribution in [2.45, 2.75) is 13.5 Å². The first-order chi connectivity index (χ1) is 8.16. The maximum atomic E-state index is 3.50. The number of hydrogen-bond acceptors (Lipinski definition) is 1. The quantitative estimate of drug-likeness (QED) is 0.810. The first-order valence-corrected chi connectivity index (χ1v) is 6.47. The van der Waals surface area contributed by atoms with Gasteiger partial charge in [0.1, 0.15) is 0 Å². The van der Waals surface area contributed by atoms with Crippen molar-refractivity contribution in [3.8, 4) is 0 Å². The minimum absolute atomic E-state index is 0.921. The summed E-state index contributed by atoms with van der Waals surface area (Å²) >= 11 is 3.50. The van der Waals surface area contributed by atoms with Crippen molar-refractivity contribution in [2.24, 2.45) is 0 Å². The molecule has 2 rings (SSSR count). The maximum absolute atomic E-state index is 3.50. The van der Waals surface area contributed by atoms with Gasteiger partial charge in [0.2, 0.25) is 0 Å². The zero-order valence-corrected chi connectivity index (χ0v) is 11.7. The highest BCUT2D eigenvalue weighted by Gasteiger charge is 2.04. The molecule has 0 amide bonds. The summed E-state index contributed by atoms with van der Waals surface area (Å²) in [5.41, 5.74) is 3.91. The lowest BCUT2D eigenvalue weighted by Crippen LogP contribution is -2.17. The Morgan fingerprint density at radius 1 is 1.06 bits per heavy atom. The van der Waals surface area contributed by atoms with Gasteiger partial charge < -0.3 is 4.90 Å². The molecular weight excluding hydrogens is 274 g/mol. The van der Waals surface area contributed by atoms with Gasteiger partial charge in [0.05, 0.1) is 0 Å². The van der Waals surface area contributed by atoms with Crippen LogP contribution in [-0.4, -0.2) is 7.05 Å². The first kappa shape index (κ1) is 12.2. The Balaban J connectivity index is 2.17. The van der Waals surface area contributed by atoms with Crippen LogP contribution in [0.1, 0.15) is 11.1 Å². The summed E-state index contributed by atoms with van der Waals surface area (Å²) in [5.74, 6) is 0. The molecule has 0 aliphatic carbocycles. The van der Waals surface area contributed by atoms with Crippen LogP contribution >= 0.6 is 15.9 Å². The monoisotopic (exact) mass is 289 g/mol. The van der Waals surface area contributed by atoms with Gasteiger partial charge >= 0.3 is 0 Å².